The summed E-state index contributed by atoms with van der Waals surface area (Å²) in [5.74, 6) is -0.349. The maximum atomic E-state index is 11.8. The van der Waals surface area contributed by atoms with Gasteiger partial charge in [0, 0.05) is 13.5 Å². The van der Waals surface area contributed by atoms with E-state index in [2.05, 4.69) is 6.92 Å². The molecule has 0 amide bonds. The Bertz CT molecular complexity index is 375. The van der Waals surface area contributed by atoms with E-state index in [9.17, 15) is 20.1 Å². The van der Waals surface area contributed by atoms with E-state index in [0.717, 1.165) is 19.3 Å². The Hall–Kier alpha value is -0.730. The molecule has 0 aliphatic carbocycles. The second-order valence-corrected chi connectivity index (χ2v) is 7.01. The van der Waals surface area contributed by atoms with Crippen molar-refractivity contribution in [2.75, 3.05) is 13.7 Å². The van der Waals surface area contributed by atoms with Gasteiger partial charge in [0.25, 0.3) is 0 Å². The molecule has 3 N–H and O–H groups in total. The van der Waals surface area contributed by atoms with E-state index in [1.807, 2.05) is 0 Å². The van der Waals surface area contributed by atoms with Crippen molar-refractivity contribution in [3.05, 3.63) is 0 Å². The van der Waals surface area contributed by atoms with Crippen LogP contribution in [0.15, 0.2) is 0 Å². The molecule has 0 radical (unpaired) electrons. The van der Waals surface area contributed by atoms with Crippen molar-refractivity contribution in [1.82, 2.24) is 0 Å². The van der Waals surface area contributed by atoms with Crippen molar-refractivity contribution in [2.24, 2.45) is 0 Å². The summed E-state index contributed by atoms with van der Waals surface area (Å²) in [5, 5.41) is 29.4. The molecule has 1 saturated heterocycles. The zero-order valence-electron chi connectivity index (χ0n) is 16.1. The van der Waals surface area contributed by atoms with E-state index in [-0.39, 0.29) is 12.6 Å². The highest BCUT2D eigenvalue weighted by Gasteiger charge is 2.44. The van der Waals surface area contributed by atoms with Crippen molar-refractivity contribution in [2.45, 2.75) is 102 Å². The van der Waals surface area contributed by atoms with Gasteiger partial charge in [0.2, 0.25) is 0 Å². The summed E-state index contributed by atoms with van der Waals surface area (Å²) in [6, 6.07) is 0. The van der Waals surface area contributed by atoms with Crippen LogP contribution in [0, 0.1) is 0 Å². The number of hydrogen-bond donors (Lipinski definition) is 3. The van der Waals surface area contributed by atoms with Crippen LogP contribution in [0.4, 0.5) is 0 Å². The number of ether oxygens (including phenoxy) is 3. The lowest BCUT2D eigenvalue weighted by Gasteiger charge is -2.39. The zero-order chi connectivity index (χ0) is 19.4. The monoisotopic (exact) mass is 376 g/mol. The largest absolute Gasteiger partial charge is 0.463 e. The van der Waals surface area contributed by atoms with Gasteiger partial charge in [0.15, 0.2) is 6.29 Å². The third kappa shape index (κ3) is 8.31. The summed E-state index contributed by atoms with van der Waals surface area (Å²) < 4.78 is 15.4. The molecule has 1 aliphatic rings. The summed E-state index contributed by atoms with van der Waals surface area (Å²) in [6.45, 7) is 2.03. The zero-order valence-corrected chi connectivity index (χ0v) is 16.1. The molecule has 0 aromatic heterocycles. The fourth-order valence-corrected chi connectivity index (χ4v) is 3.08. The van der Waals surface area contributed by atoms with Crippen LogP contribution in [0.1, 0.15) is 71.1 Å². The number of esters is 1. The Morgan fingerprint density at radius 3 is 2.04 bits per heavy atom. The van der Waals surface area contributed by atoms with E-state index in [1.54, 1.807) is 0 Å². The van der Waals surface area contributed by atoms with Gasteiger partial charge in [-0.25, -0.2) is 0 Å². The Kier molecular flexibility index (Phi) is 12.0. The second kappa shape index (κ2) is 13.4. The minimum absolute atomic E-state index is 0.179. The maximum Gasteiger partial charge on any atom is 0.305 e. The van der Waals surface area contributed by atoms with Gasteiger partial charge < -0.3 is 29.5 Å². The quantitative estimate of drug-likeness (QED) is 0.333. The summed E-state index contributed by atoms with van der Waals surface area (Å²) in [7, 11) is 1.32. The molecule has 7 heteroatoms. The van der Waals surface area contributed by atoms with E-state index in [1.165, 1.54) is 45.6 Å². The average molecular weight is 376 g/mol. The number of aliphatic hydroxyl groups excluding tert-OH is 3. The van der Waals surface area contributed by atoms with E-state index < -0.39 is 30.7 Å². The molecular formula is C19H36O7. The highest BCUT2D eigenvalue weighted by Crippen LogP contribution is 2.22. The first-order valence-electron chi connectivity index (χ1n) is 9.89. The van der Waals surface area contributed by atoms with Gasteiger partial charge in [-0.15, -0.1) is 0 Å². The average Bonchev–Trinajstić information content (AvgIpc) is 2.64. The highest BCUT2D eigenvalue weighted by atomic mass is 16.7. The lowest BCUT2D eigenvalue weighted by molar-refractivity contribution is -0.295. The molecule has 1 aliphatic heterocycles. The predicted octanol–water partition coefficient (Wildman–Crippen LogP) is 1.90. The van der Waals surface area contributed by atoms with Crippen molar-refractivity contribution >= 4 is 5.97 Å². The minimum Gasteiger partial charge on any atom is -0.463 e. The molecule has 7 nitrogen and oxygen atoms in total. The van der Waals surface area contributed by atoms with Gasteiger partial charge >= 0.3 is 5.97 Å². The molecule has 0 unspecified atom stereocenters. The fourth-order valence-electron chi connectivity index (χ4n) is 3.08. The minimum atomic E-state index is -1.41. The van der Waals surface area contributed by atoms with Crippen molar-refractivity contribution in [3.8, 4) is 0 Å². The molecule has 26 heavy (non-hydrogen) atoms. The fraction of sp³-hybridized carbons (Fsp3) is 0.947. The SMILES string of the molecule is CCCCCCCCCCCC(=O)OC[C@H]1O[C@H](OC)[C@@H](O)[C@@H](O)[C@@H]1O. The van der Waals surface area contributed by atoms with Crippen LogP contribution < -0.4 is 0 Å². The molecule has 0 bridgehead atoms. The molecule has 0 aromatic carbocycles. The molecule has 154 valence electrons. The molecule has 1 rings (SSSR count). The van der Waals surface area contributed by atoms with Gasteiger partial charge in [-0.2, -0.15) is 0 Å². The Labute approximate surface area is 156 Å². The van der Waals surface area contributed by atoms with Crippen molar-refractivity contribution in [3.63, 3.8) is 0 Å². The standard InChI is InChI=1S/C19H36O7/c1-3-4-5-6-7-8-9-10-11-12-15(20)25-13-14-16(21)17(22)18(23)19(24-2)26-14/h14,16-19,21-23H,3-13H2,1-2H3/t14-,16-,17+,18+,19+/m1/s1. The van der Waals surface area contributed by atoms with Gasteiger partial charge in [0.05, 0.1) is 0 Å². The van der Waals surface area contributed by atoms with Crippen molar-refractivity contribution < 1.29 is 34.3 Å². The van der Waals surface area contributed by atoms with Gasteiger partial charge in [-0.1, -0.05) is 58.3 Å². The molecule has 1 fully saturated rings. The van der Waals surface area contributed by atoms with Crippen LogP contribution in [-0.2, 0) is 19.0 Å². The molecule has 5 atom stereocenters. The summed E-state index contributed by atoms with van der Waals surface area (Å²) >= 11 is 0. The van der Waals surface area contributed by atoms with Crippen LogP contribution in [0.5, 0.6) is 0 Å². The van der Waals surface area contributed by atoms with E-state index in [4.69, 9.17) is 14.2 Å². The molecule has 0 saturated carbocycles. The Morgan fingerprint density at radius 1 is 0.885 bits per heavy atom. The number of carbonyl (C=O) groups excluding carboxylic acids is 1. The summed E-state index contributed by atoms with van der Waals surface area (Å²) in [6.07, 6.45) is 4.82. The summed E-state index contributed by atoms with van der Waals surface area (Å²) in [5.41, 5.74) is 0. The van der Waals surface area contributed by atoms with Crippen LogP contribution in [0.25, 0.3) is 0 Å². The Morgan fingerprint density at radius 2 is 1.46 bits per heavy atom. The predicted molar refractivity (Wildman–Crippen MR) is 96.5 cm³/mol. The van der Waals surface area contributed by atoms with Crippen LogP contribution in [0.3, 0.4) is 0 Å². The number of methoxy groups -OCH3 is 1. The second-order valence-electron chi connectivity index (χ2n) is 7.01. The third-order valence-electron chi connectivity index (χ3n) is 4.79. The lowest BCUT2D eigenvalue weighted by atomic mass is 9.99. The first-order valence-corrected chi connectivity index (χ1v) is 9.89. The number of unbranched alkanes of at least 4 members (excludes halogenated alkanes) is 8. The first-order chi connectivity index (χ1) is 12.5. The highest BCUT2D eigenvalue weighted by molar-refractivity contribution is 5.69. The molecule has 0 spiro atoms. The summed E-state index contributed by atoms with van der Waals surface area (Å²) in [4.78, 5) is 11.8. The maximum absolute atomic E-state index is 11.8. The van der Waals surface area contributed by atoms with Crippen LogP contribution >= 0.6 is 0 Å². The Balaban J connectivity index is 2.10. The van der Waals surface area contributed by atoms with Crippen molar-refractivity contribution in [1.29, 1.82) is 0 Å². The van der Waals surface area contributed by atoms with Gasteiger partial charge in [0.1, 0.15) is 31.0 Å². The first kappa shape index (κ1) is 23.3. The lowest BCUT2D eigenvalue weighted by Crippen LogP contribution is -2.59. The van der Waals surface area contributed by atoms with Crippen LogP contribution in [-0.4, -0.2) is 65.7 Å². The van der Waals surface area contributed by atoms with Gasteiger partial charge in [-0.05, 0) is 6.42 Å². The number of aliphatic hydroxyl groups is 3. The van der Waals surface area contributed by atoms with Crippen LogP contribution in [0.2, 0.25) is 0 Å². The molecule has 1 heterocycles. The molecule has 0 aromatic rings. The number of rotatable bonds is 13. The van der Waals surface area contributed by atoms with Gasteiger partial charge in [-0.3, -0.25) is 4.79 Å². The number of carbonyl (C=O) groups is 1. The third-order valence-corrected chi connectivity index (χ3v) is 4.79. The normalized spacial score (nSPS) is 28.9. The number of hydrogen-bond acceptors (Lipinski definition) is 7. The molecular weight excluding hydrogens is 340 g/mol. The van der Waals surface area contributed by atoms with E-state index in [0.29, 0.717) is 6.42 Å². The van der Waals surface area contributed by atoms with E-state index >= 15 is 0 Å². The topological polar surface area (TPSA) is 105 Å². The smallest absolute Gasteiger partial charge is 0.305 e.